The van der Waals surface area contributed by atoms with Crippen molar-refractivity contribution in [1.29, 1.82) is 0 Å². The fourth-order valence-electron chi connectivity index (χ4n) is 1.82. The van der Waals surface area contributed by atoms with Gasteiger partial charge in [-0.25, -0.2) is 10.3 Å². The minimum atomic E-state index is -0.336. The monoisotopic (exact) mass is 265 g/mol. The van der Waals surface area contributed by atoms with Crippen molar-refractivity contribution in [3.63, 3.8) is 0 Å². The topological polar surface area (TPSA) is 56.8 Å². The number of rotatable bonds is 5. The third kappa shape index (κ3) is 4.89. The molecular formula is C14H19NO4. The predicted octanol–water partition coefficient (Wildman–Crippen LogP) is 1.95. The second kappa shape index (κ2) is 7.11. The van der Waals surface area contributed by atoms with Crippen molar-refractivity contribution in [3.05, 3.63) is 29.8 Å². The van der Waals surface area contributed by atoms with E-state index in [1.165, 1.54) is 0 Å². The number of carbonyl (C=O) groups excluding carboxylic acids is 1. The van der Waals surface area contributed by atoms with Gasteiger partial charge in [0.2, 0.25) is 0 Å². The lowest BCUT2D eigenvalue weighted by molar-refractivity contribution is -0.201. The molecule has 1 amide bonds. The number of hydrogen-bond donors (Lipinski definition) is 1. The molecule has 5 heteroatoms. The lowest BCUT2D eigenvalue weighted by Gasteiger charge is -2.22. The molecule has 1 aromatic rings. The zero-order chi connectivity index (χ0) is 13.5. The second-order valence-corrected chi connectivity index (χ2v) is 4.54. The number of amides is 1. The lowest BCUT2D eigenvalue weighted by atomic mass is 10.2. The van der Waals surface area contributed by atoms with Crippen LogP contribution in [-0.4, -0.2) is 25.4 Å². The van der Waals surface area contributed by atoms with Gasteiger partial charge in [0.1, 0.15) is 5.75 Å². The number of aryl methyl sites for hydroxylation is 1. The van der Waals surface area contributed by atoms with E-state index in [1.807, 2.05) is 31.2 Å². The van der Waals surface area contributed by atoms with Crippen LogP contribution in [0.15, 0.2) is 24.3 Å². The summed E-state index contributed by atoms with van der Waals surface area (Å²) < 4.78 is 10.7. The van der Waals surface area contributed by atoms with Crippen LogP contribution in [0, 0.1) is 6.92 Å². The maximum atomic E-state index is 11.5. The van der Waals surface area contributed by atoms with Gasteiger partial charge in [-0.15, -0.1) is 0 Å². The highest BCUT2D eigenvalue weighted by Gasteiger charge is 2.15. The fraction of sp³-hybridized carbons (Fsp3) is 0.500. The fourth-order valence-corrected chi connectivity index (χ4v) is 1.82. The highest BCUT2D eigenvalue weighted by atomic mass is 16.8. The highest BCUT2D eigenvalue weighted by molar-refractivity contribution is 5.76. The molecule has 0 aromatic heterocycles. The molecular weight excluding hydrogens is 246 g/mol. The Morgan fingerprint density at radius 1 is 1.47 bits per heavy atom. The van der Waals surface area contributed by atoms with E-state index in [0.717, 1.165) is 24.8 Å². The minimum Gasteiger partial charge on any atom is -0.484 e. The summed E-state index contributed by atoms with van der Waals surface area (Å²) in [5, 5.41) is 0. The number of benzene rings is 1. The molecule has 0 saturated carbocycles. The number of ether oxygens (including phenoxy) is 2. The van der Waals surface area contributed by atoms with E-state index in [9.17, 15) is 4.79 Å². The highest BCUT2D eigenvalue weighted by Crippen LogP contribution is 2.13. The molecule has 1 N–H and O–H groups in total. The first-order chi connectivity index (χ1) is 9.24. The van der Waals surface area contributed by atoms with Crippen LogP contribution in [0.3, 0.4) is 0 Å². The SMILES string of the molecule is Cc1cccc(OCC(=O)NO[C@H]2CCCCO2)c1. The number of carbonyl (C=O) groups is 1. The molecule has 5 nitrogen and oxygen atoms in total. The molecule has 1 aromatic carbocycles. The van der Waals surface area contributed by atoms with E-state index in [1.54, 1.807) is 0 Å². The molecule has 104 valence electrons. The van der Waals surface area contributed by atoms with Crippen LogP contribution < -0.4 is 10.2 Å². The van der Waals surface area contributed by atoms with E-state index in [2.05, 4.69) is 5.48 Å². The zero-order valence-electron chi connectivity index (χ0n) is 11.1. The Morgan fingerprint density at radius 2 is 2.37 bits per heavy atom. The average Bonchev–Trinajstić information content (AvgIpc) is 2.44. The maximum absolute atomic E-state index is 11.5. The first-order valence-corrected chi connectivity index (χ1v) is 6.49. The standard InChI is InChI=1S/C14H19NO4/c1-11-5-4-6-12(9-11)18-10-13(16)15-19-14-7-2-3-8-17-14/h4-6,9,14H,2-3,7-8,10H2,1H3,(H,15,16)/t14-/m0/s1. The molecule has 0 aliphatic carbocycles. The van der Waals surface area contributed by atoms with Gasteiger partial charge in [-0.05, 0) is 37.5 Å². The summed E-state index contributed by atoms with van der Waals surface area (Å²) in [7, 11) is 0. The molecule has 1 aliphatic rings. The summed E-state index contributed by atoms with van der Waals surface area (Å²) in [6, 6.07) is 7.54. The van der Waals surface area contributed by atoms with Crippen LogP contribution in [0.5, 0.6) is 5.75 Å². The third-order valence-corrected chi connectivity index (χ3v) is 2.80. The molecule has 1 heterocycles. The Balaban J connectivity index is 1.66. The molecule has 1 atom stereocenters. The van der Waals surface area contributed by atoms with Crippen LogP contribution in [-0.2, 0) is 14.4 Å². The minimum absolute atomic E-state index is 0.0732. The van der Waals surface area contributed by atoms with Gasteiger partial charge < -0.3 is 9.47 Å². The average molecular weight is 265 g/mol. The van der Waals surface area contributed by atoms with E-state index >= 15 is 0 Å². The number of nitrogens with one attached hydrogen (secondary N) is 1. The summed E-state index contributed by atoms with van der Waals surface area (Å²) in [6.45, 7) is 2.58. The first kappa shape index (κ1) is 13.8. The maximum Gasteiger partial charge on any atom is 0.281 e. The molecule has 0 unspecified atom stereocenters. The molecule has 2 rings (SSSR count). The Hall–Kier alpha value is -1.59. The van der Waals surface area contributed by atoms with Crippen molar-refractivity contribution in [1.82, 2.24) is 5.48 Å². The first-order valence-electron chi connectivity index (χ1n) is 6.49. The van der Waals surface area contributed by atoms with Crippen molar-refractivity contribution in [2.24, 2.45) is 0 Å². The summed E-state index contributed by atoms with van der Waals surface area (Å²) >= 11 is 0. The normalized spacial score (nSPS) is 18.9. The number of hydroxylamine groups is 1. The Kier molecular flexibility index (Phi) is 5.18. The third-order valence-electron chi connectivity index (χ3n) is 2.80. The molecule has 0 radical (unpaired) electrons. The van der Waals surface area contributed by atoms with E-state index in [4.69, 9.17) is 14.3 Å². The van der Waals surface area contributed by atoms with E-state index in [0.29, 0.717) is 12.4 Å². The summed E-state index contributed by atoms with van der Waals surface area (Å²) in [5.41, 5.74) is 3.44. The number of hydrogen-bond acceptors (Lipinski definition) is 4. The Bertz CT molecular complexity index is 416. The Morgan fingerprint density at radius 3 is 3.11 bits per heavy atom. The summed E-state index contributed by atoms with van der Waals surface area (Å²) in [4.78, 5) is 16.7. The zero-order valence-corrected chi connectivity index (χ0v) is 11.1. The van der Waals surface area contributed by atoms with Gasteiger partial charge in [-0.1, -0.05) is 12.1 Å². The molecule has 0 bridgehead atoms. The largest absolute Gasteiger partial charge is 0.484 e. The molecule has 19 heavy (non-hydrogen) atoms. The van der Waals surface area contributed by atoms with E-state index in [-0.39, 0.29) is 18.8 Å². The van der Waals surface area contributed by atoms with Gasteiger partial charge in [-0.2, -0.15) is 0 Å². The van der Waals surface area contributed by atoms with Crippen molar-refractivity contribution >= 4 is 5.91 Å². The molecule has 1 saturated heterocycles. The predicted molar refractivity (Wildman–Crippen MR) is 69.5 cm³/mol. The summed E-state index contributed by atoms with van der Waals surface area (Å²) in [6.07, 6.45) is 2.57. The van der Waals surface area contributed by atoms with Crippen molar-refractivity contribution in [2.75, 3.05) is 13.2 Å². The van der Waals surface area contributed by atoms with Crippen LogP contribution in [0.25, 0.3) is 0 Å². The van der Waals surface area contributed by atoms with Crippen LogP contribution >= 0.6 is 0 Å². The van der Waals surface area contributed by atoms with Crippen molar-refractivity contribution < 1.29 is 19.1 Å². The summed E-state index contributed by atoms with van der Waals surface area (Å²) in [5.74, 6) is 0.347. The quantitative estimate of drug-likeness (QED) is 0.827. The van der Waals surface area contributed by atoms with Crippen LogP contribution in [0.4, 0.5) is 0 Å². The molecule has 0 spiro atoms. The van der Waals surface area contributed by atoms with Gasteiger partial charge in [0.05, 0.1) is 0 Å². The van der Waals surface area contributed by atoms with Crippen molar-refractivity contribution in [2.45, 2.75) is 32.5 Å². The van der Waals surface area contributed by atoms with Crippen LogP contribution in [0.2, 0.25) is 0 Å². The van der Waals surface area contributed by atoms with Gasteiger partial charge in [0.25, 0.3) is 5.91 Å². The van der Waals surface area contributed by atoms with Gasteiger partial charge in [0, 0.05) is 13.0 Å². The van der Waals surface area contributed by atoms with Crippen LogP contribution in [0.1, 0.15) is 24.8 Å². The van der Waals surface area contributed by atoms with Gasteiger partial charge in [0.15, 0.2) is 12.9 Å². The smallest absolute Gasteiger partial charge is 0.281 e. The molecule has 1 aliphatic heterocycles. The van der Waals surface area contributed by atoms with E-state index < -0.39 is 0 Å². The van der Waals surface area contributed by atoms with Gasteiger partial charge in [-0.3, -0.25) is 4.79 Å². The Labute approximate surface area is 112 Å². The lowest BCUT2D eigenvalue weighted by Crippen LogP contribution is -2.35. The molecule has 1 fully saturated rings. The second-order valence-electron chi connectivity index (χ2n) is 4.54. The van der Waals surface area contributed by atoms with Gasteiger partial charge >= 0.3 is 0 Å². The van der Waals surface area contributed by atoms with Crippen molar-refractivity contribution in [3.8, 4) is 5.75 Å².